The number of hydrogen-bond donors (Lipinski definition) is 2. The van der Waals surface area contributed by atoms with E-state index in [4.69, 9.17) is 0 Å². The molecular formula is C26H34IrNO2-. The number of pyridine rings is 1. The number of hydrogen-bond acceptors (Lipinski definition) is 3. The molecule has 0 aliphatic rings. The minimum absolute atomic E-state index is 0. The largest absolute Gasteiger partial charge is 0.392 e. The van der Waals surface area contributed by atoms with Crippen molar-refractivity contribution < 1.29 is 30.3 Å². The standard InChI is InChI=1S/C15H10N.C11H24O2.Ir/c1-2-6-12(7-3-1)15-11-10-13-8-4-5-9-14(13)16-15;1-10(2,3)8(12)7-9(13)11(4,5)6;/h1-6,8-11H;8-9,12-13H,7H2,1-6H3;/q-1;;. The summed E-state index contributed by atoms with van der Waals surface area (Å²) in [6.07, 6.45) is -0.434. The van der Waals surface area contributed by atoms with Crippen LogP contribution in [0.5, 0.6) is 0 Å². The minimum Gasteiger partial charge on any atom is -0.392 e. The van der Waals surface area contributed by atoms with Crippen molar-refractivity contribution in [3.8, 4) is 11.3 Å². The molecular weight excluding hydrogens is 551 g/mol. The first-order chi connectivity index (χ1) is 13.5. The van der Waals surface area contributed by atoms with Crippen LogP contribution in [0.2, 0.25) is 0 Å². The first kappa shape index (κ1) is 26.5. The predicted octanol–water partition coefficient (Wildman–Crippen LogP) is 5.89. The molecule has 3 aromatic rings. The maximum Gasteiger partial charge on any atom is 0.0613 e. The van der Waals surface area contributed by atoms with Gasteiger partial charge in [-0.2, -0.15) is 0 Å². The van der Waals surface area contributed by atoms with Gasteiger partial charge in [0.05, 0.1) is 17.7 Å². The van der Waals surface area contributed by atoms with E-state index in [1.807, 2.05) is 90.1 Å². The first-order valence-electron chi connectivity index (χ1n) is 10.2. The molecule has 3 nitrogen and oxygen atoms in total. The Morgan fingerprint density at radius 1 is 0.800 bits per heavy atom. The average molecular weight is 585 g/mol. The number of aliphatic hydroxyl groups excluding tert-OH is 2. The number of aliphatic hydroxyl groups is 2. The third kappa shape index (κ3) is 7.92. The molecule has 0 spiro atoms. The molecule has 2 unspecified atom stereocenters. The Bertz CT molecular complexity index is 880. The van der Waals surface area contributed by atoms with Crippen LogP contribution < -0.4 is 0 Å². The molecule has 3 rings (SSSR count). The van der Waals surface area contributed by atoms with Crippen molar-refractivity contribution in [3.05, 3.63) is 66.7 Å². The molecule has 0 bridgehead atoms. The third-order valence-electron chi connectivity index (χ3n) is 5.03. The molecule has 0 fully saturated rings. The predicted molar refractivity (Wildman–Crippen MR) is 122 cm³/mol. The quantitative estimate of drug-likeness (QED) is 0.378. The second kappa shape index (κ2) is 11.2. The number of nitrogens with zero attached hydrogens (tertiary/aromatic N) is 1. The van der Waals surface area contributed by atoms with Crippen LogP contribution in [0.15, 0.2) is 60.7 Å². The molecule has 2 atom stereocenters. The zero-order valence-corrected chi connectivity index (χ0v) is 21.2. The van der Waals surface area contributed by atoms with Crippen LogP contribution in [-0.4, -0.2) is 27.4 Å². The van der Waals surface area contributed by atoms with Crippen molar-refractivity contribution in [2.75, 3.05) is 0 Å². The van der Waals surface area contributed by atoms with Gasteiger partial charge in [-0.3, -0.25) is 4.98 Å². The van der Waals surface area contributed by atoms with Crippen molar-refractivity contribution >= 4 is 10.9 Å². The van der Waals surface area contributed by atoms with Crippen molar-refractivity contribution in [1.29, 1.82) is 0 Å². The van der Waals surface area contributed by atoms with Gasteiger partial charge in [-0.15, -0.1) is 35.9 Å². The average Bonchev–Trinajstić information content (AvgIpc) is 2.67. The second-order valence-electron chi connectivity index (χ2n) is 9.66. The van der Waals surface area contributed by atoms with Crippen molar-refractivity contribution in [2.45, 2.75) is 60.2 Å². The molecule has 30 heavy (non-hydrogen) atoms. The van der Waals surface area contributed by atoms with Gasteiger partial charge in [0.15, 0.2) is 0 Å². The molecule has 4 heteroatoms. The summed E-state index contributed by atoms with van der Waals surface area (Å²) in [6, 6.07) is 23.4. The van der Waals surface area contributed by atoms with Crippen LogP contribution >= 0.6 is 0 Å². The topological polar surface area (TPSA) is 53.4 Å². The molecule has 1 heterocycles. The molecule has 165 valence electrons. The molecule has 2 N–H and O–H groups in total. The molecule has 1 radical (unpaired) electrons. The number of fused-ring (bicyclic) bond motifs is 1. The fourth-order valence-electron chi connectivity index (χ4n) is 2.69. The Labute approximate surface area is 194 Å². The van der Waals surface area contributed by atoms with Crippen LogP contribution in [0.3, 0.4) is 0 Å². The van der Waals surface area contributed by atoms with Crippen LogP contribution in [0.4, 0.5) is 0 Å². The van der Waals surface area contributed by atoms with Crippen molar-refractivity contribution in [3.63, 3.8) is 0 Å². The van der Waals surface area contributed by atoms with Gasteiger partial charge in [0.2, 0.25) is 0 Å². The van der Waals surface area contributed by atoms with E-state index in [1.54, 1.807) is 0 Å². The number of aromatic nitrogens is 1. The smallest absolute Gasteiger partial charge is 0.0613 e. The Kier molecular flexibility index (Phi) is 9.84. The van der Waals surface area contributed by atoms with Gasteiger partial charge >= 0.3 is 0 Å². The Hall–Kier alpha value is -1.58. The molecule has 0 saturated heterocycles. The first-order valence-corrected chi connectivity index (χ1v) is 10.2. The molecule has 1 aromatic heterocycles. The van der Waals surface area contributed by atoms with Gasteiger partial charge in [0, 0.05) is 26.5 Å². The fraction of sp³-hybridized carbons (Fsp3) is 0.423. The normalized spacial score (nSPS) is 13.6. The van der Waals surface area contributed by atoms with Crippen molar-refractivity contribution in [1.82, 2.24) is 4.98 Å². The molecule has 2 aromatic carbocycles. The summed E-state index contributed by atoms with van der Waals surface area (Å²) >= 11 is 0. The number of para-hydroxylation sites is 1. The van der Waals surface area contributed by atoms with Gasteiger partial charge < -0.3 is 10.2 Å². The molecule has 0 aliphatic heterocycles. The van der Waals surface area contributed by atoms with E-state index < -0.39 is 12.2 Å². The van der Waals surface area contributed by atoms with Crippen LogP contribution in [0, 0.1) is 16.9 Å². The van der Waals surface area contributed by atoms with E-state index in [0.29, 0.717) is 6.42 Å². The van der Waals surface area contributed by atoms with Crippen LogP contribution in [0.1, 0.15) is 48.0 Å². The zero-order chi connectivity index (χ0) is 21.7. The summed E-state index contributed by atoms with van der Waals surface area (Å²) in [5.41, 5.74) is 2.74. The minimum atomic E-state index is -0.443. The monoisotopic (exact) mass is 585 g/mol. The number of rotatable bonds is 3. The van der Waals surface area contributed by atoms with Crippen molar-refractivity contribution in [2.24, 2.45) is 10.8 Å². The van der Waals surface area contributed by atoms with Gasteiger partial charge in [-0.05, 0) is 28.0 Å². The summed E-state index contributed by atoms with van der Waals surface area (Å²) in [5, 5.41) is 20.7. The molecule has 0 amide bonds. The molecule has 0 saturated carbocycles. The SMILES string of the molecule is CC(C)(C)C(O)CC(O)C(C)(C)C.[Ir].[c-]1ccccc1-c1ccc2ccccc2n1. The summed E-state index contributed by atoms with van der Waals surface area (Å²) < 4.78 is 0. The van der Waals surface area contributed by atoms with Gasteiger partial charge in [-0.1, -0.05) is 71.9 Å². The summed E-state index contributed by atoms with van der Waals surface area (Å²) in [6.45, 7) is 11.9. The van der Waals surface area contributed by atoms with Gasteiger partial charge in [-0.25, -0.2) is 0 Å². The Balaban J connectivity index is 0.000000299. The Morgan fingerprint density at radius 3 is 1.90 bits per heavy atom. The van der Waals surface area contributed by atoms with Gasteiger partial charge in [0.25, 0.3) is 0 Å². The Morgan fingerprint density at radius 2 is 1.37 bits per heavy atom. The van der Waals surface area contributed by atoms with E-state index in [0.717, 1.165) is 16.8 Å². The van der Waals surface area contributed by atoms with E-state index in [2.05, 4.69) is 23.2 Å². The summed E-state index contributed by atoms with van der Waals surface area (Å²) in [5.74, 6) is 0. The van der Waals surface area contributed by atoms with E-state index >= 15 is 0 Å². The summed E-state index contributed by atoms with van der Waals surface area (Å²) in [4.78, 5) is 4.61. The van der Waals surface area contributed by atoms with Crippen LogP contribution in [-0.2, 0) is 20.1 Å². The van der Waals surface area contributed by atoms with E-state index in [1.165, 1.54) is 5.39 Å². The second-order valence-corrected chi connectivity index (χ2v) is 9.66. The maximum atomic E-state index is 9.76. The third-order valence-corrected chi connectivity index (χ3v) is 5.03. The number of benzene rings is 2. The van der Waals surface area contributed by atoms with E-state index in [-0.39, 0.29) is 30.9 Å². The molecule has 0 aliphatic carbocycles. The maximum absolute atomic E-state index is 9.76. The van der Waals surface area contributed by atoms with Gasteiger partial charge in [0.1, 0.15) is 0 Å². The van der Waals surface area contributed by atoms with Crippen LogP contribution in [0.25, 0.3) is 22.2 Å². The summed E-state index contributed by atoms with van der Waals surface area (Å²) in [7, 11) is 0. The van der Waals surface area contributed by atoms with E-state index in [9.17, 15) is 10.2 Å². The zero-order valence-electron chi connectivity index (χ0n) is 18.8. The fourth-order valence-corrected chi connectivity index (χ4v) is 2.69.